The smallest absolute Gasteiger partial charge is 0.347 e. The average molecular weight is 224 g/mol. The molecule has 0 aromatic heterocycles. The Morgan fingerprint density at radius 1 is 1.31 bits per heavy atom. The summed E-state index contributed by atoms with van der Waals surface area (Å²) in [5.74, 6) is 0.748. The van der Waals surface area contributed by atoms with Crippen molar-refractivity contribution in [1.29, 1.82) is 0 Å². The molecule has 0 N–H and O–H groups in total. The minimum atomic E-state index is -0.642. The Labute approximate surface area is 95.1 Å². The number of hydrogen-bond donors (Lipinski definition) is 0. The van der Waals surface area contributed by atoms with Gasteiger partial charge in [0.15, 0.2) is 17.6 Å². The molecule has 0 aliphatic carbocycles. The molecule has 0 saturated heterocycles. The SMILES string of the molecule is CCOC(=O)C(C)Oc1ccccc1OC. The van der Waals surface area contributed by atoms with Gasteiger partial charge in [-0.1, -0.05) is 12.1 Å². The van der Waals surface area contributed by atoms with Crippen LogP contribution in [0.15, 0.2) is 24.3 Å². The van der Waals surface area contributed by atoms with Gasteiger partial charge in [-0.2, -0.15) is 0 Å². The predicted molar refractivity (Wildman–Crippen MR) is 59.7 cm³/mol. The molecule has 0 saturated carbocycles. The summed E-state index contributed by atoms with van der Waals surface area (Å²) >= 11 is 0. The van der Waals surface area contributed by atoms with Gasteiger partial charge in [0.2, 0.25) is 0 Å². The number of para-hydroxylation sites is 2. The first-order valence-electron chi connectivity index (χ1n) is 5.15. The summed E-state index contributed by atoms with van der Waals surface area (Å²) in [6.07, 6.45) is -0.642. The molecule has 0 heterocycles. The van der Waals surface area contributed by atoms with Crippen molar-refractivity contribution in [3.8, 4) is 11.5 Å². The van der Waals surface area contributed by atoms with Gasteiger partial charge in [0.1, 0.15) is 0 Å². The van der Waals surface area contributed by atoms with Crippen LogP contribution in [-0.2, 0) is 9.53 Å². The van der Waals surface area contributed by atoms with E-state index in [0.717, 1.165) is 0 Å². The van der Waals surface area contributed by atoms with Crippen molar-refractivity contribution in [2.24, 2.45) is 0 Å². The summed E-state index contributed by atoms with van der Waals surface area (Å²) in [6, 6.07) is 7.16. The summed E-state index contributed by atoms with van der Waals surface area (Å²) in [5, 5.41) is 0. The van der Waals surface area contributed by atoms with E-state index < -0.39 is 6.10 Å². The third-order valence-electron chi connectivity index (χ3n) is 1.99. The molecule has 0 bridgehead atoms. The van der Waals surface area contributed by atoms with Crippen LogP contribution < -0.4 is 9.47 Å². The lowest BCUT2D eigenvalue weighted by Crippen LogP contribution is -2.26. The lowest BCUT2D eigenvalue weighted by molar-refractivity contribution is -0.150. The number of carbonyl (C=O) groups excluding carboxylic acids is 1. The van der Waals surface area contributed by atoms with E-state index in [1.807, 2.05) is 12.1 Å². The van der Waals surface area contributed by atoms with Gasteiger partial charge in [0.05, 0.1) is 13.7 Å². The summed E-state index contributed by atoms with van der Waals surface area (Å²) in [7, 11) is 1.55. The minimum absolute atomic E-state index is 0.346. The second-order valence-corrected chi connectivity index (χ2v) is 3.16. The Balaban J connectivity index is 2.68. The standard InChI is InChI=1S/C12H16O4/c1-4-15-12(13)9(2)16-11-8-6-5-7-10(11)14-3/h5-9H,4H2,1-3H3. The molecule has 1 rings (SSSR count). The molecule has 16 heavy (non-hydrogen) atoms. The van der Waals surface area contributed by atoms with Crippen molar-refractivity contribution >= 4 is 5.97 Å². The van der Waals surface area contributed by atoms with Crippen LogP contribution in [0.5, 0.6) is 11.5 Å². The first-order chi connectivity index (χ1) is 7.69. The van der Waals surface area contributed by atoms with Crippen molar-refractivity contribution < 1.29 is 19.0 Å². The van der Waals surface area contributed by atoms with Gasteiger partial charge in [0, 0.05) is 0 Å². The molecule has 88 valence electrons. The van der Waals surface area contributed by atoms with Crippen LogP contribution in [0, 0.1) is 0 Å². The Morgan fingerprint density at radius 3 is 2.50 bits per heavy atom. The van der Waals surface area contributed by atoms with Gasteiger partial charge >= 0.3 is 5.97 Å². The summed E-state index contributed by atoms with van der Waals surface area (Å²) in [6.45, 7) is 3.75. The summed E-state index contributed by atoms with van der Waals surface area (Å²) in [4.78, 5) is 11.4. The molecule has 0 amide bonds. The monoisotopic (exact) mass is 224 g/mol. The fourth-order valence-corrected chi connectivity index (χ4v) is 1.21. The first-order valence-corrected chi connectivity index (χ1v) is 5.15. The third kappa shape index (κ3) is 3.15. The highest BCUT2D eigenvalue weighted by atomic mass is 16.6. The van der Waals surface area contributed by atoms with E-state index in [1.165, 1.54) is 0 Å². The quantitative estimate of drug-likeness (QED) is 0.718. The van der Waals surface area contributed by atoms with Gasteiger partial charge in [-0.25, -0.2) is 4.79 Å². The molecule has 4 heteroatoms. The Kier molecular flexibility index (Phi) is 4.64. The van der Waals surface area contributed by atoms with Gasteiger partial charge in [-0.05, 0) is 26.0 Å². The van der Waals surface area contributed by atoms with E-state index in [2.05, 4.69) is 0 Å². The predicted octanol–water partition coefficient (Wildman–Crippen LogP) is 2.03. The van der Waals surface area contributed by atoms with Crippen LogP contribution in [0.2, 0.25) is 0 Å². The van der Waals surface area contributed by atoms with Crippen LogP contribution in [0.25, 0.3) is 0 Å². The molecule has 4 nitrogen and oxygen atoms in total. The maximum absolute atomic E-state index is 11.4. The molecule has 1 aromatic carbocycles. The number of benzene rings is 1. The Morgan fingerprint density at radius 2 is 1.94 bits per heavy atom. The van der Waals surface area contributed by atoms with Crippen LogP contribution in [0.1, 0.15) is 13.8 Å². The van der Waals surface area contributed by atoms with E-state index in [9.17, 15) is 4.79 Å². The molecule has 0 radical (unpaired) electrons. The van der Waals surface area contributed by atoms with Crippen molar-refractivity contribution in [1.82, 2.24) is 0 Å². The number of esters is 1. The highest BCUT2D eigenvalue weighted by Gasteiger charge is 2.17. The molecule has 1 unspecified atom stereocenters. The largest absolute Gasteiger partial charge is 0.493 e. The Bertz CT molecular complexity index is 349. The second-order valence-electron chi connectivity index (χ2n) is 3.16. The van der Waals surface area contributed by atoms with E-state index in [1.54, 1.807) is 33.1 Å². The lowest BCUT2D eigenvalue weighted by atomic mass is 10.3. The van der Waals surface area contributed by atoms with E-state index in [-0.39, 0.29) is 5.97 Å². The normalized spacial score (nSPS) is 11.7. The third-order valence-corrected chi connectivity index (χ3v) is 1.99. The molecule has 0 aliphatic rings. The van der Waals surface area contributed by atoms with Gasteiger partial charge in [-0.15, -0.1) is 0 Å². The maximum Gasteiger partial charge on any atom is 0.347 e. The molecule has 0 spiro atoms. The van der Waals surface area contributed by atoms with Crippen LogP contribution in [0.4, 0.5) is 0 Å². The van der Waals surface area contributed by atoms with Crippen LogP contribution in [-0.4, -0.2) is 25.8 Å². The highest BCUT2D eigenvalue weighted by Crippen LogP contribution is 2.26. The fourth-order valence-electron chi connectivity index (χ4n) is 1.21. The van der Waals surface area contributed by atoms with Gasteiger partial charge in [-0.3, -0.25) is 0 Å². The zero-order valence-corrected chi connectivity index (χ0v) is 9.73. The maximum atomic E-state index is 11.4. The fraction of sp³-hybridized carbons (Fsp3) is 0.417. The molecule has 0 aliphatic heterocycles. The topological polar surface area (TPSA) is 44.8 Å². The van der Waals surface area contributed by atoms with Gasteiger partial charge in [0.25, 0.3) is 0 Å². The highest BCUT2D eigenvalue weighted by molar-refractivity contribution is 5.74. The summed E-state index contributed by atoms with van der Waals surface area (Å²) in [5.41, 5.74) is 0. The van der Waals surface area contributed by atoms with Crippen molar-refractivity contribution in [2.75, 3.05) is 13.7 Å². The molecule has 0 fully saturated rings. The zero-order valence-electron chi connectivity index (χ0n) is 9.73. The molecule has 1 atom stereocenters. The van der Waals surface area contributed by atoms with E-state index in [0.29, 0.717) is 18.1 Å². The number of methoxy groups -OCH3 is 1. The van der Waals surface area contributed by atoms with Crippen LogP contribution in [0.3, 0.4) is 0 Å². The number of rotatable bonds is 5. The zero-order chi connectivity index (χ0) is 12.0. The van der Waals surface area contributed by atoms with Crippen molar-refractivity contribution in [3.05, 3.63) is 24.3 Å². The van der Waals surface area contributed by atoms with Crippen molar-refractivity contribution in [2.45, 2.75) is 20.0 Å². The van der Waals surface area contributed by atoms with Gasteiger partial charge < -0.3 is 14.2 Å². The second kappa shape index (κ2) is 6.00. The first kappa shape index (κ1) is 12.4. The van der Waals surface area contributed by atoms with Crippen molar-refractivity contribution in [3.63, 3.8) is 0 Å². The van der Waals surface area contributed by atoms with E-state index >= 15 is 0 Å². The molecular formula is C12H16O4. The molecule has 1 aromatic rings. The summed E-state index contributed by atoms with van der Waals surface area (Å²) < 4.78 is 15.4. The number of ether oxygens (including phenoxy) is 3. The Hall–Kier alpha value is -1.71. The number of carbonyl (C=O) groups is 1. The van der Waals surface area contributed by atoms with Crippen LogP contribution >= 0.6 is 0 Å². The average Bonchev–Trinajstić information content (AvgIpc) is 2.30. The minimum Gasteiger partial charge on any atom is -0.493 e. The molecular weight excluding hydrogens is 208 g/mol. The van der Waals surface area contributed by atoms with E-state index in [4.69, 9.17) is 14.2 Å². The number of hydrogen-bond acceptors (Lipinski definition) is 4. The lowest BCUT2D eigenvalue weighted by Gasteiger charge is -2.15.